The molecule has 1 saturated heterocycles. The van der Waals surface area contributed by atoms with Gasteiger partial charge in [-0.2, -0.15) is 8.78 Å². The normalized spacial score (nSPS) is 17.8. The van der Waals surface area contributed by atoms with E-state index in [1.54, 1.807) is 43.9 Å². The van der Waals surface area contributed by atoms with Crippen molar-refractivity contribution in [3.8, 4) is 11.5 Å². The van der Waals surface area contributed by atoms with Crippen LogP contribution >= 0.6 is 7.37 Å². The first-order valence-corrected chi connectivity index (χ1v) is 19.7. The summed E-state index contributed by atoms with van der Waals surface area (Å²) >= 11 is 0. The third-order valence-corrected chi connectivity index (χ3v) is 10.8. The third-order valence-electron chi connectivity index (χ3n) is 8.84. The number of halogens is 4. The number of benzene rings is 2. The maximum atomic E-state index is 13.8. The summed E-state index contributed by atoms with van der Waals surface area (Å²) in [5.74, 6) is -14.6. The molecular weight excluding hydrogens is 791 g/mol. The molecule has 17 nitrogen and oxygen atoms in total. The van der Waals surface area contributed by atoms with Crippen LogP contribution in [0.4, 0.5) is 17.6 Å². The zero-order valence-corrected chi connectivity index (χ0v) is 31.6. The third kappa shape index (κ3) is 16.8. The van der Waals surface area contributed by atoms with E-state index in [0.29, 0.717) is 11.3 Å². The minimum atomic E-state index is -3.98. The fourth-order valence-corrected chi connectivity index (χ4v) is 7.41. The Bertz CT molecular complexity index is 1750. The van der Waals surface area contributed by atoms with Crippen LogP contribution in [0.3, 0.4) is 0 Å². The topological polar surface area (TPSA) is 235 Å². The summed E-state index contributed by atoms with van der Waals surface area (Å²) in [6.45, 7) is -0.658. The predicted octanol–water partition coefficient (Wildman–Crippen LogP) is 1.75. The Balaban J connectivity index is 1.64. The van der Waals surface area contributed by atoms with E-state index in [-0.39, 0.29) is 90.6 Å². The number of carboxylic acids is 4. The molecule has 22 heteroatoms. The van der Waals surface area contributed by atoms with Gasteiger partial charge in [-0.3, -0.25) is 48.1 Å². The zero-order chi connectivity index (χ0) is 42.3. The number of esters is 1. The maximum absolute atomic E-state index is 13.8. The summed E-state index contributed by atoms with van der Waals surface area (Å²) in [6, 6.07) is 5.92. The van der Waals surface area contributed by atoms with Crippen LogP contribution < -0.4 is 9.47 Å². The van der Waals surface area contributed by atoms with Crippen LogP contribution in [0.1, 0.15) is 18.4 Å². The van der Waals surface area contributed by atoms with Gasteiger partial charge in [-0.15, -0.1) is 0 Å². The van der Waals surface area contributed by atoms with Crippen LogP contribution in [-0.4, -0.2) is 172 Å². The minimum Gasteiger partial charge on any atom is -0.494 e. The fraction of sp³-hybridized carbons (Fsp3) is 0.514. The number of carbonyl (C=O) groups excluding carboxylic acids is 1. The molecule has 2 aromatic carbocycles. The van der Waals surface area contributed by atoms with Gasteiger partial charge >= 0.3 is 29.8 Å². The summed E-state index contributed by atoms with van der Waals surface area (Å²) in [4.78, 5) is 75.6. The number of ether oxygens (including phenoxy) is 2. The Hall–Kier alpha value is -4.66. The highest BCUT2D eigenvalue weighted by Gasteiger charge is 2.28. The molecule has 5 N–H and O–H groups in total. The van der Waals surface area contributed by atoms with E-state index in [0.717, 1.165) is 0 Å². The van der Waals surface area contributed by atoms with Crippen molar-refractivity contribution in [1.29, 1.82) is 0 Å². The summed E-state index contributed by atoms with van der Waals surface area (Å²) in [5, 5.41) is 38.3. The van der Waals surface area contributed by atoms with Crippen LogP contribution in [0, 0.1) is 23.3 Å². The standard InChI is InChI=1S/C35H45F4N4O13P/c36-26-17-27(37)34(39)35(33(26)38)56-32(52)6-15-57(53,54)14-1-13-55-25-4-2-23(3-5-25)16-24-18-42(21-30(48)49)10-9-40(19-28(44)45)7-8-41(20-29(46)47)11-12-43(24)22-31(50)51/h2-5,17,24H,1,6-16,18-22H2,(H,44,45)(H,46,47)(H,48,49)(H,50,51)(H,53,54)/t24-/m0/s1. The van der Waals surface area contributed by atoms with E-state index >= 15 is 0 Å². The second kappa shape index (κ2) is 22.3. The Labute approximate surface area is 324 Å². The molecule has 3 rings (SSSR count). The molecule has 0 amide bonds. The highest BCUT2D eigenvalue weighted by molar-refractivity contribution is 7.58. The number of carboxylic acid groups (broad SMARTS) is 4. The van der Waals surface area contributed by atoms with Crippen LogP contribution in [0.2, 0.25) is 0 Å². The molecule has 316 valence electrons. The van der Waals surface area contributed by atoms with Crippen molar-refractivity contribution in [2.75, 3.05) is 90.9 Å². The van der Waals surface area contributed by atoms with E-state index < -0.39 is 97.9 Å². The van der Waals surface area contributed by atoms with Crippen molar-refractivity contribution in [3.63, 3.8) is 0 Å². The molecule has 1 fully saturated rings. The van der Waals surface area contributed by atoms with Crippen LogP contribution in [-0.2, 0) is 35.0 Å². The SMILES string of the molecule is O=C(O)CN1CCN(CC(=O)O)CCN(CC(=O)O)[C@@H](Cc2ccc(OCCCP(=O)(O)CCC(=O)Oc3c(F)c(F)cc(F)c3F)cc2)CN(CC(=O)O)CC1. The second-order valence-electron chi connectivity index (χ2n) is 13.4. The highest BCUT2D eigenvalue weighted by Crippen LogP contribution is 2.42. The van der Waals surface area contributed by atoms with Gasteiger partial charge in [0.2, 0.25) is 24.8 Å². The van der Waals surface area contributed by atoms with Gasteiger partial charge in [0.1, 0.15) is 5.75 Å². The van der Waals surface area contributed by atoms with Crippen LogP contribution in [0.5, 0.6) is 11.5 Å². The molecule has 1 heterocycles. The average Bonchev–Trinajstić information content (AvgIpc) is 3.12. The number of rotatable bonds is 19. The largest absolute Gasteiger partial charge is 0.494 e. The number of nitrogens with zero attached hydrogens (tertiary/aromatic N) is 4. The number of aliphatic carboxylic acids is 4. The number of hydrogen-bond acceptors (Lipinski definition) is 12. The predicted molar refractivity (Wildman–Crippen MR) is 192 cm³/mol. The first kappa shape index (κ1) is 46.7. The van der Waals surface area contributed by atoms with E-state index in [9.17, 15) is 71.4 Å². The lowest BCUT2D eigenvalue weighted by atomic mass is 10.0. The molecule has 1 aliphatic rings. The lowest BCUT2D eigenvalue weighted by Crippen LogP contribution is -2.53. The molecule has 1 aliphatic heterocycles. The Morgan fingerprint density at radius 1 is 0.702 bits per heavy atom. The molecule has 57 heavy (non-hydrogen) atoms. The summed E-state index contributed by atoms with van der Waals surface area (Å²) in [7, 11) is -3.98. The molecule has 2 atom stereocenters. The quantitative estimate of drug-likeness (QED) is 0.0339. The smallest absolute Gasteiger partial charge is 0.317 e. The first-order valence-electron chi connectivity index (χ1n) is 17.7. The monoisotopic (exact) mass is 836 g/mol. The maximum Gasteiger partial charge on any atom is 0.317 e. The van der Waals surface area contributed by atoms with Gasteiger partial charge in [0.05, 0.1) is 39.2 Å². The highest BCUT2D eigenvalue weighted by atomic mass is 31.2. The Morgan fingerprint density at radius 3 is 1.72 bits per heavy atom. The van der Waals surface area contributed by atoms with E-state index in [4.69, 9.17) is 4.74 Å². The molecule has 1 unspecified atom stereocenters. The number of hydrogen-bond donors (Lipinski definition) is 5. The van der Waals surface area contributed by atoms with E-state index in [2.05, 4.69) is 4.74 Å². The van der Waals surface area contributed by atoms with Crippen LogP contribution in [0.25, 0.3) is 0 Å². The van der Waals surface area contributed by atoms with Gasteiger partial charge in [0.25, 0.3) is 0 Å². The molecule has 0 radical (unpaired) electrons. The van der Waals surface area contributed by atoms with Crippen molar-refractivity contribution < 1.29 is 80.9 Å². The van der Waals surface area contributed by atoms with Crippen molar-refractivity contribution in [2.24, 2.45) is 0 Å². The zero-order valence-electron chi connectivity index (χ0n) is 30.7. The molecule has 0 spiro atoms. The lowest BCUT2D eigenvalue weighted by molar-refractivity contribution is -0.142. The average molecular weight is 837 g/mol. The van der Waals surface area contributed by atoms with E-state index in [1.165, 1.54) is 0 Å². The van der Waals surface area contributed by atoms with Gasteiger partial charge in [0.15, 0.2) is 11.6 Å². The Morgan fingerprint density at radius 2 is 1.19 bits per heavy atom. The molecule has 0 saturated carbocycles. The van der Waals surface area contributed by atoms with Gasteiger partial charge in [-0.25, -0.2) is 8.78 Å². The second-order valence-corrected chi connectivity index (χ2v) is 15.9. The summed E-state index contributed by atoms with van der Waals surface area (Å²) in [5.41, 5.74) is 0.701. The minimum absolute atomic E-state index is 0.0391. The van der Waals surface area contributed by atoms with Gasteiger partial charge in [0, 0.05) is 70.2 Å². The molecule has 0 aliphatic carbocycles. The lowest BCUT2D eigenvalue weighted by Gasteiger charge is -2.37. The number of carbonyl (C=O) groups is 5. The first-order chi connectivity index (χ1) is 26.8. The van der Waals surface area contributed by atoms with Crippen molar-refractivity contribution in [2.45, 2.75) is 25.3 Å². The summed E-state index contributed by atoms with van der Waals surface area (Å²) in [6.07, 6.45) is -1.48. The molecule has 2 aromatic rings. The van der Waals surface area contributed by atoms with Crippen molar-refractivity contribution in [3.05, 3.63) is 59.2 Å². The fourth-order valence-electron chi connectivity index (χ4n) is 6.03. The van der Waals surface area contributed by atoms with Crippen LogP contribution in [0.15, 0.2) is 30.3 Å². The van der Waals surface area contributed by atoms with Gasteiger partial charge < -0.3 is 34.8 Å². The molecular formula is C35H45F4N4O13P. The Kier molecular flexibility index (Phi) is 18.3. The van der Waals surface area contributed by atoms with Gasteiger partial charge in [-0.05, 0) is 30.5 Å². The molecule has 0 bridgehead atoms. The summed E-state index contributed by atoms with van der Waals surface area (Å²) < 4.78 is 76.9. The molecule has 0 aromatic heterocycles. The van der Waals surface area contributed by atoms with Crippen molar-refractivity contribution in [1.82, 2.24) is 19.6 Å². The van der Waals surface area contributed by atoms with Gasteiger partial charge in [-0.1, -0.05) is 12.1 Å². The van der Waals surface area contributed by atoms with Crippen molar-refractivity contribution >= 4 is 37.2 Å². The van der Waals surface area contributed by atoms with E-state index in [1.807, 2.05) is 0 Å².